The first kappa shape index (κ1) is 60.3. The van der Waals surface area contributed by atoms with E-state index < -0.39 is 48.0 Å². The summed E-state index contributed by atoms with van der Waals surface area (Å²) < 4.78 is 90.5. The van der Waals surface area contributed by atoms with Gasteiger partial charge < -0.3 is 50.0 Å². The van der Waals surface area contributed by atoms with E-state index in [-0.39, 0.29) is 118 Å². The largest absolute Gasteiger partial charge is 0.416 e. The molecule has 7 amide bonds. The van der Waals surface area contributed by atoms with E-state index in [1.807, 2.05) is 0 Å². The molecule has 6 rings (SSSR count). The number of piperidine rings is 2. The predicted octanol–water partition coefficient (Wildman–Crippen LogP) is 4.47. The van der Waals surface area contributed by atoms with Gasteiger partial charge in [-0.05, 0) is 92.5 Å². The molecule has 2 aromatic heterocycles. The van der Waals surface area contributed by atoms with Gasteiger partial charge in [-0.3, -0.25) is 43.8 Å². The number of hydrogen-bond donors (Lipinski definition) is 5. The summed E-state index contributed by atoms with van der Waals surface area (Å²) in [6.45, 7) is 5.06. The van der Waals surface area contributed by atoms with Crippen LogP contribution in [0.1, 0.15) is 90.8 Å². The number of ether oxygens (including phenoxy) is 4. The number of nitrogens with one attached hydrogen (secondary N) is 5. The second-order valence-electron chi connectivity index (χ2n) is 18.9. The van der Waals surface area contributed by atoms with Crippen molar-refractivity contribution < 1.29 is 74.5 Å². The molecule has 3 aliphatic rings. The number of halogens is 5. The van der Waals surface area contributed by atoms with E-state index in [2.05, 4.69) is 36.6 Å². The maximum Gasteiger partial charge on any atom is 0.416 e. The summed E-state index contributed by atoms with van der Waals surface area (Å²) in [4.78, 5) is 98.9. The summed E-state index contributed by atoms with van der Waals surface area (Å²) in [5, 5.41) is 13.6. The number of likely N-dealkylation sites (tertiary alicyclic amines) is 1. The number of hydrogen-bond acceptors (Lipinski definition) is 16. The van der Waals surface area contributed by atoms with Crippen LogP contribution in [0.25, 0.3) is 0 Å². The van der Waals surface area contributed by atoms with E-state index >= 15 is 0 Å². The van der Waals surface area contributed by atoms with Crippen molar-refractivity contribution in [2.45, 2.75) is 88.8 Å². The first-order valence-corrected chi connectivity index (χ1v) is 25.9. The molecule has 0 spiro atoms. The first-order chi connectivity index (χ1) is 37.4. The van der Waals surface area contributed by atoms with Gasteiger partial charge in [0.2, 0.25) is 35.9 Å². The number of alkyl halides is 5. The molecule has 26 heteroatoms. The number of pyridine rings is 2. The van der Waals surface area contributed by atoms with Crippen molar-refractivity contribution in [1.82, 2.24) is 35.7 Å². The van der Waals surface area contributed by atoms with Gasteiger partial charge in [0, 0.05) is 69.4 Å². The number of imide groups is 2. The quantitative estimate of drug-likeness (QED) is 0.0267. The molecule has 5 N–H and O–H groups in total. The van der Waals surface area contributed by atoms with Crippen molar-refractivity contribution in [3.63, 3.8) is 0 Å². The first-order valence-electron chi connectivity index (χ1n) is 25.9. The molecule has 426 valence electrons. The normalized spacial score (nSPS) is 16.6. The number of carbonyl (C=O) groups excluding carboxylic acids is 7. The summed E-state index contributed by atoms with van der Waals surface area (Å²) in [7, 11) is 0. The average Bonchev–Trinajstić information content (AvgIpc) is 3.85. The maximum atomic E-state index is 14.2. The molecule has 0 aliphatic carbocycles. The average molecular weight is 1100 g/mol. The second kappa shape index (κ2) is 29.7. The molecule has 1 unspecified atom stereocenters. The van der Waals surface area contributed by atoms with Crippen LogP contribution >= 0.6 is 0 Å². The van der Waals surface area contributed by atoms with Crippen LogP contribution < -0.4 is 31.5 Å². The molecule has 0 bridgehead atoms. The predicted molar refractivity (Wildman–Crippen MR) is 273 cm³/mol. The fourth-order valence-corrected chi connectivity index (χ4v) is 8.88. The zero-order chi connectivity index (χ0) is 56.1. The molecule has 3 aromatic rings. The third-order valence-electron chi connectivity index (χ3n) is 13.2. The lowest BCUT2D eigenvalue weighted by atomic mass is 9.89. The van der Waals surface area contributed by atoms with Crippen molar-refractivity contribution in [1.29, 1.82) is 0 Å². The van der Waals surface area contributed by atoms with E-state index in [1.54, 1.807) is 36.1 Å². The van der Waals surface area contributed by atoms with Gasteiger partial charge in [-0.1, -0.05) is 6.07 Å². The van der Waals surface area contributed by atoms with Crippen molar-refractivity contribution in [3.05, 3.63) is 70.9 Å². The highest BCUT2D eigenvalue weighted by atomic mass is 19.4. The number of carbonyl (C=O) groups is 7. The third kappa shape index (κ3) is 18.9. The monoisotopic (exact) mass is 1100 g/mol. The summed E-state index contributed by atoms with van der Waals surface area (Å²) in [5.74, 6) is -4.99. The second-order valence-corrected chi connectivity index (χ2v) is 18.9. The molecule has 1 atom stereocenters. The lowest BCUT2D eigenvalue weighted by Crippen LogP contribution is -2.53. The molecular weight excluding hydrogens is 1040 g/mol. The Morgan fingerprint density at radius 1 is 0.833 bits per heavy atom. The number of benzene rings is 1. The van der Waals surface area contributed by atoms with E-state index in [0.29, 0.717) is 96.1 Å². The molecular formula is C52H67F5N10O11. The van der Waals surface area contributed by atoms with Gasteiger partial charge in [0.05, 0.1) is 77.9 Å². The summed E-state index contributed by atoms with van der Waals surface area (Å²) in [6.07, 6.45) is -0.828. The van der Waals surface area contributed by atoms with Gasteiger partial charge in [-0.25, -0.2) is 18.7 Å². The van der Waals surface area contributed by atoms with Crippen LogP contribution in [0.2, 0.25) is 0 Å². The molecule has 0 radical (unpaired) electrons. The maximum absolute atomic E-state index is 14.2. The van der Waals surface area contributed by atoms with Crippen LogP contribution in [-0.2, 0) is 53.9 Å². The van der Waals surface area contributed by atoms with Crippen LogP contribution in [0.5, 0.6) is 0 Å². The number of aromatic nitrogens is 2. The fraction of sp³-hybridized carbons (Fsp3) is 0.558. The van der Waals surface area contributed by atoms with Gasteiger partial charge in [0.25, 0.3) is 11.8 Å². The SMILES string of the molecule is Cc1c(NCC(=O)NCCCCNC(=O)CCOCCOCCOCCOCCC(=O)N2CCC(c3cc(Nc4cc(C(F)(F)F)ccn4)nc(N4CCC(F)(F)C4)c3)CC2)cccc1C(=O)N(C=O)C1CCC(=O)NC1=O. The Bertz CT molecular complexity index is 2540. The van der Waals surface area contributed by atoms with Gasteiger partial charge in [-0.2, -0.15) is 13.2 Å². The Morgan fingerprint density at radius 2 is 1.49 bits per heavy atom. The molecule has 5 heterocycles. The number of amides is 7. The Labute approximate surface area is 448 Å². The van der Waals surface area contributed by atoms with E-state index in [0.717, 1.165) is 28.8 Å². The van der Waals surface area contributed by atoms with Gasteiger partial charge in [0.15, 0.2) is 0 Å². The molecule has 21 nitrogen and oxygen atoms in total. The van der Waals surface area contributed by atoms with Crippen molar-refractivity contribution in [2.75, 3.05) is 114 Å². The van der Waals surface area contributed by atoms with Crippen LogP contribution in [0.3, 0.4) is 0 Å². The van der Waals surface area contributed by atoms with E-state index in [4.69, 9.17) is 18.9 Å². The third-order valence-corrected chi connectivity index (χ3v) is 13.2. The fourth-order valence-electron chi connectivity index (χ4n) is 8.88. The Hall–Kier alpha value is -6.90. The molecule has 3 saturated heterocycles. The smallest absolute Gasteiger partial charge is 0.379 e. The minimum atomic E-state index is -4.58. The van der Waals surface area contributed by atoms with E-state index in [1.165, 1.54) is 11.0 Å². The summed E-state index contributed by atoms with van der Waals surface area (Å²) in [6, 6.07) is 8.80. The Balaban J connectivity index is 0.735. The van der Waals surface area contributed by atoms with Crippen LogP contribution in [-0.4, -0.2) is 172 Å². The molecule has 3 aliphatic heterocycles. The zero-order valence-corrected chi connectivity index (χ0v) is 43.4. The van der Waals surface area contributed by atoms with Crippen molar-refractivity contribution >= 4 is 65.0 Å². The molecule has 1 aromatic carbocycles. The van der Waals surface area contributed by atoms with Gasteiger partial charge in [0.1, 0.15) is 23.5 Å². The lowest BCUT2D eigenvalue weighted by molar-refractivity contribution is -0.139. The van der Waals surface area contributed by atoms with Gasteiger partial charge >= 0.3 is 6.18 Å². The van der Waals surface area contributed by atoms with Gasteiger partial charge in [-0.15, -0.1) is 0 Å². The standard InChI is InChI=1S/C52H67F5N10O11/c1-35-39(50(74)67(34-68)41-7-8-46(70)64-49(41)73)5-4-6-40(35)61-32-47(71)60-16-3-2-15-59-45(69)12-21-75-23-25-77-27-28-78-26-24-76-22-13-48(72)65-18-10-36(11-19-65)37-29-43(62-42-31-38(9-17-58-42)52(55,56)57)63-44(30-37)66-20-14-51(53,54)33-66/h4-6,9,17,29-31,34,36,41,61H,2-3,7-8,10-16,18-28,32-33H2,1H3,(H,59,69)(H,60,71)(H,58,62,63)(H,64,70,73). The summed E-state index contributed by atoms with van der Waals surface area (Å²) >= 11 is 0. The highest BCUT2D eigenvalue weighted by Crippen LogP contribution is 2.36. The van der Waals surface area contributed by atoms with E-state index in [9.17, 15) is 55.5 Å². The van der Waals surface area contributed by atoms with Crippen molar-refractivity contribution in [2.24, 2.45) is 0 Å². The topological polar surface area (TPSA) is 252 Å². The Morgan fingerprint density at radius 3 is 2.12 bits per heavy atom. The van der Waals surface area contributed by atoms with Crippen molar-refractivity contribution in [3.8, 4) is 0 Å². The minimum Gasteiger partial charge on any atom is -0.379 e. The molecule has 0 saturated carbocycles. The lowest BCUT2D eigenvalue weighted by Gasteiger charge is -2.33. The summed E-state index contributed by atoms with van der Waals surface area (Å²) in [5.41, 5.74) is 1.01. The number of rotatable bonds is 30. The minimum absolute atomic E-state index is 0.00163. The Kier molecular flexibility index (Phi) is 23.0. The number of unbranched alkanes of at least 4 members (excludes halogenated alkanes) is 1. The highest BCUT2D eigenvalue weighted by molar-refractivity contribution is 6.08. The number of anilines is 4. The zero-order valence-electron chi connectivity index (χ0n) is 43.4. The highest BCUT2D eigenvalue weighted by Gasteiger charge is 2.40. The molecule has 3 fully saturated rings. The van der Waals surface area contributed by atoms with Crippen LogP contribution in [0, 0.1) is 6.92 Å². The van der Waals surface area contributed by atoms with Crippen LogP contribution in [0.4, 0.5) is 45.1 Å². The molecule has 78 heavy (non-hydrogen) atoms. The number of nitrogens with zero attached hydrogens (tertiary/aromatic N) is 5. The van der Waals surface area contributed by atoms with Crippen LogP contribution in [0.15, 0.2) is 48.7 Å².